The first-order valence-corrected chi connectivity index (χ1v) is 8.90. The second-order valence-corrected chi connectivity index (χ2v) is 6.75. The SMILES string of the molecule is Cc1cccc(NC(=O)c2cc(C3=NOC(c4ccc(F)cc4)C3)nn2C)c1. The predicted molar refractivity (Wildman–Crippen MR) is 104 cm³/mol. The Hall–Kier alpha value is -3.48. The summed E-state index contributed by atoms with van der Waals surface area (Å²) in [6.45, 7) is 1.97. The smallest absolute Gasteiger partial charge is 0.273 e. The fourth-order valence-electron chi connectivity index (χ4n) is 3.12. The van der Waals surface area contributed by atoms with Gasteiger partial charge in [0.2, 0.25) is 0 Å². The Kier molecular flexibility index (Phi) is 4.65. The molecule has 1 unspecified atom stereocenters. The molecular formula is C21H19FN4O2. The van der Waals surface area contributed by atoms with Gasteiger partial charge in [0, 0.05) is 19.2 Å². The van der Waals surface area contributed by atoms with E-state index in [2.05, 4.69) is 15.6 Å². The van der Waals surface area contributed by atoms with Gasteiger partial charge >= 0.3 is 0 Å². The summed E-state index contributed by atoms with van der Waals surface area (Å²) in [5.74, 6) is -0.543. The fraction of sp³-hybridized carbons (Fsp3) is 0.190. The summed E-state index contributed by atoms with van der Waals surface area (Å²) in [4.78, 5) is 18.1. The van der Waals surface area contributed by atoms with E-state index in [4.69, 9.17) is 4.84 Å². The lowest BCUT2D eigenvalue weighted by atomic mass is 10.0. The zero-order valence-electron chi connectivity index (χ0n) is 15.5. The van der Waals surface area contributed by atoms with Gasteiger partial charge < -0.3 is 10.2 Å². The fourth-order valence-corrected chi connectivity index (χ4v) is 3.12. The third kappa shape index (κ3) is 3.64. The van der Waals surface area contributed by atoms with Gasteiger partial charge in [-0.25, -0.2) is 4.39 Å². The van der Waals surface area contributed by atoms with E-state index < -0.39 is 0 Å². The normalized spacial score (nSPS) is 15.8. The van der Waals surface area contributed by atoms with Crippen molar-refractivity contribution in [3.05, 3.63) is 82.9 Å². The number of aromatic nitrogens is 2. The number of carbonyl (C=O) groups is 1. The zero-order chi connectivity index (χ0) is 19.7. The molecule has 1 aliphatic rings. The van der Waals surface area contributed by atoms with Crippen LogP contribution in [-0.4, -0.2) is 21.4 Å². The maximum Gasteiger partial charge on any atom is 0.273 e. The minimum atomic E-state index is -0.295. The third-order valence-electron chi connectivity index (χ3n) is 4.59. The number of benzene rings is 2. The number of anilines is 1. The van der Waals surface area contributed by atoms with Crippen LogP contribution < -0.4 is 5.32 Å². The highest BCUT2D eigenvalue weighted by atomic mass is 19.1. The molecule has 0 radical (unpaired) electrons. The number of nitrogens with zero attached hydrogens (tertiary/aromatic N) is 3. The number of nitrogens with one attached hydrogen (secondary N) is 1. The molecule has 1 aromatic heterocycles. The van der Waals surface area contributed by atoms with Gasteiger partial charge in [0.1, 0.15) is 22.9 Å². The third-order valence-corrected chi connectivity index (χ3v) is 4.59. The van der Waals surface area contributed by atoms with Crippen LogP contribution in [0.25, 0.3) is 0 Å². The largest absolute Gasteiger partial charge is 0.387 e. The Morgan fingerprint density at radius 3 is 2.75 bits per heavy atom. The van der Waals surface area contributed by atoms with Gasteiger partial charge in [-0.2, -0.15) is 5.10 Å². The Morgan fingerprint density at radius 2 is 2.00 bits per heavy atom. The predicted octanol–water partition coefficient (Wildman–Crippen LogP) is 3.99. The molecule has 2 aromatic carbocycles. The lowest BCUT2D eigenvalue weighted by Crippen LogP contribution is -2.16. The van der Waals surface area contributed by atoms with E-state index in [1.54, 1.807) is 25.2 Å². The van der Waals surface area contributed by atoms with Gasteiger partial charge in [0.15, 0.2) is 6.10 Å². The Balaban J connectivity index is 1.48. The number of oxime groups is 1. The summed E-state index contributed by atoms with van der Waals surface area (Å²) in [5.41, 5.74) is 4.29. The second kappa shape index (κ2) is 7.26. The van der Waals surface area contributed by atoms with E-state index in [0.29, 0.717) is 23.5 Å². The first-order valence-electron chi connectivity index (χ1n) is 8.90. The molecule has 1 aliphatic heterocycles. The van der Waals surface area contributed by atoms with Crippen LogP contribution in [0, 0.1) is 12.7 Å². The Bertz CT molecular complexity index is 1060. The zero-order valence-corrected chi connectivity index (χ0v) is 15.5. The maximum absolute atomic E-state index is 13.1. The summed E-state index contributed by atoms with van der Waals surface area (Å²) in [5, 5.41) is 11.4. The summed E-state index contributed by atoms with van der Waals surface area (Å²) in [7, 11) is 1.71. The van der Waals surface area contributed by atoms with E-state index in [-0.39, 0.29) is 17.8 Å². The van der Waals surface area contributed by atoms with Crippen molar-refractivity contribution in [3.8, 4) is 0 Å². The molecule has 7 heteroatoms. The first kappa shape index (κ1) is 17.9. The van der Waals surface area contributed by atoms with Crippen molar-refractivity contribution in [3.63, 3.8) is 0 Å². The van der Waals surface area contributed by atoms with Gasteiger partial charge in [0.25, 0.3) is 5.91 Å². The van der Waals surface area contributed by atoms with Gasteiger partial charge in [0.05, 0.1) is 0 Å². The van der Waals surface area contributed by atoms with Crippen molar-refractivity contribution in [2.24, 2.45) is 12.2 Å². The molecular weight excluding hydrogens is 359 g/mol. The van der Waals surface area contributed by atoms with Crippen LogP contribution in [0.5, 0.6) is 0 Å². The van der Waals surface area contributed by atoms with E-state index >= 15 is 0 Å². The lowest BCUT2D eigenvalue weighted by molar-refractivity contribution is 0.0857. The average Bonchev–Trinajstić information content (AvgIpc) is 3.29. The standard InChI is InChI=1S/C21H19FN4O2/c1-13-4-3-5-16(10-13)23-21(27)19-11-17(24-26(19)2)18-12-20(28-25-18)14-6-8-15(22)9-7-14/h3-11,20H,12H2,1-2H3,(H,23,27). The molecule has 28 heavy (non-hydrogen) atoms. The van der Waals surface area contributed by atoms with Crippen LogP contribution in [-0.2, 0) is 11.9 Å². The van der Waals surface area contributed by atoms with Crippen molar-refractivity contribution in [1.82, 2.24) is 9.78 Å². The van der Waals surface area contributed by atoms with Crippen molar-refractivity contribution < 1.29 is 14.0 Å². The number of carbonyl (C=O) groups excluding carboxylic acids is 1. The molecule has 3 aromatic rings. The highest BCUT2D eigenvalue weighted by Gasteiger charge is 2.27. The molecule has 1 atom stereocenters. The summed E-state index contributed by atoms with van der Waals surface area (Å²) in [6, 6.07) is 15.4. The molecule has 0 saturated heterocycles. The molecule has 142 valence electrons. The lowest BCUT2D eigenvalue weighted by Gasteiger charge is -2.07. The first-order chi connectivity index (χ1) is 13.5. The molecule has 0 spiro atoms. The van der Waals surface area contributed by atoms with Crippen molar-refractivity contribution in [2.45, 2.75) is 19.4 Å². The van der Waals surface area contributed by atoms with Crippen LogP contribution in [0.3, 0.4) is 0 Å². The van der Waals surface area contributed by atoms with Gasteiger partial charge in [-0.1, -0.05) is 29.4 Å². The average molecular weight is 378 g/mol. The number of aryl methyl sites for hydroxylation is 2. The minimum absolute atomic E-state index is 0.249. The quantitative estimate of drug-likeness (QED) is 0.746. The van der Waals surface area contributed by atoms with Gasteiger partial charge in [-0.15, -0.1) is 0 Å². The number of rotatable bonds is 4. The molecule has 6 nitrogen and oxygen atoms in total. The second-order valence-electron chi connectivity index (χ2n) is 6.75. The molecule has 2 heterocycles. The van der Waals surface area contributed by atoms with E-state index in [1.807, 2.05) is 31.2 Å². The highest BCUT2D eigenvalue weighted by molar-refractivity contribution is 6.06. The van der Waals surface area contributed by atoms with Crippen LogP contribution in [0.2, 0.25) is 0 Å². The molecule has 1 amide bonds. The van der Waals surface area contributed by atoms with Crippen molar-refractivity contribution in [2.75, 3.05) is 5.32 Å². The van der Waals surface area contributed by atoms with Gasteiger partial charge in [-0.3, -0.25) is 9.48 Å². The van der Waals surface area contributed by atoms with Crippen LogP contribution >= 0.6 is 0 Å². The van der Waals surface area contributed by atoms with Gasteiger partial charge in [-0.05, 0) is 48.4 Å². The van der Waals surface area contributed by atoms with Crippen LogP contribution in [0.4, 0.5) is 10.1 Å². The molecule has 0 aliphatic carbocycles. The monoisotopic (exact) mass is 378 g/mol. The Morgan fingerprint density at radius 1 is 1.21 bits per heavy atom. The van der Waals surface area contributed by atoms with Crippen LogP contribution in [0.15, 0.2) is 59.8 Å². The summed E-state index contributed by atoms with van der Waals surface area (Å²) < 4.78 is 14.6. The number of hydrogen-bond acceptors (Lipinski definition) is 4. The topological polar surface area (TPSA) is 68.5 Å². The number of halogens is 1. The molecule has 0 fully saturated rings. The molecule has 1 N–H and O–H groups in total. The molecule has 0 saturated carbocycles. The summed E-state index contributed by atoms with van der Waals surface area (Å²) in [6.07, 6.45) is 0.212. The van der Waals surface area contributed by atoms with Crippen molar-refractivity contribution >= 4 is 17.3 Å². The number of amides is 1. The maximum atomic E-state index is 13.1. The highest BCUT2D eigenvalue weighted by Crippen LogP contribution is 2.29. The molecule has 0 bridgehead atoms. The summed E-state index contributed by atoms with van der Waals surface area (Å²) >= 11 is 0. The van der Waals surface area contributed by atoms with E-state index in [9.17, 15) is 9.18 Å². The number of hydrogen-bond donors (Lipinski definition) is 1. The van der Waals surface area contributed by atoms with Crippen molar-refractivity contribution in [1.29, 1.82) is 0 Å². The van der Waals surface area contributed by atoms with E-state index in [1.165, 1.54) is 16.8 Å². The molecule has 4 rings (SSSR count). The minimum Gasteiger partial charge on any atom is -0.387 e. The van der Waals surface area contributed by atoms with Crippen LogP contribution in [0.1, 0.15) is 39.8 Å². The Labute approximate surface area is 161 Å². The van der Waals surface area contributed by atoms with E-state index in [0.717, 1.165) is 16.8 Å².